The Morgan fingerprint density at radius 1 is 1.19 bits per heavy atom. The predicted molar refractivity (Wildman–Crippen MR) is 94.5 cm³/mol. The SMILES string of the molecule is Cc1ccc(S(=O)(=O)n2ccc(C(=O)N(C3CC3)C(C)C(=O)O)c2)cc1. The summed E-state index contributed by atoms with van der Waals surface area (Å²) < 4.78 is 26.4. The van der Waals surface area contributed by atoms with Crippen molar-refractivity contribution in [2.24, 2.45) is 0 Å². The van der Waals surface area contributed by atoms with E-state index in [0.29, 0.717) is 0 Å². The maximum absolute atomic E-state index is 12.7. The van der Waals surface area contributed by atoms with Gasteiger partial charge in [0, 0.05) is 18.4 Å². The van der Waals surface area contributed by atoms with Gasteiger partial charge in [0.2, 0.25) is 0 Å². The first-order valence-corrected chi connectivity index (χ1v) is 9.71. The van der Waals surface area contributed by atoms with Crippen LogP contribution < -0.4 is 0 Å². The van der Waals surface area contributed by atoms with E-state index >= 15 is 0 Å². The maximum atomic E-state index is 12.7. The number of hydrogen-bond acceptors (Lipinski definition) is 4. The number of aliphatic carboxylic acids is 1. The highest BCUT2D eigenvalue weighted by Gasteiger charge is 2.39. The number of carbonyl (C=O) groups is 2. The zero-order chi connectivity index (χ0) is 19.1. The molecule has 1 aliphatic carbocycles. The number of aromatic nitrogens is 1. The smallest absolute Gasteiger partial charge is 0.326 e. The first kappa shape index (κ1) is 18.2. The lowest BCUT2D eigenvalue weighted by Crippen LogP contribution is -2.44. The van der Waals surface area contributed by atoms with E-state index in [1.54, 1.807) is 12.1 Å². The minimum absolute atomic E-state index is 0.106. The van der Waals surface area contributed by atoms with Crippen LogP contribution in [0, 0.1) is 6.92 Å². The normalized spacial score (nSPS) is 15.5. The minimum atomic E-state index is -3.81. The second-order valence-electron chi connectivity index (χ2n) is 6.51. The third kappa shape index (κ3) is 3.37. The zero-order valence-corrected chi connectivity index (χ0v) is 15.3. The van der Waals surface area contributed by atoms with Crippen molar-refractivity contribution >= 4 is 21.9 Å². The number of carboxylic acid groups (broad SMARTS) is 1. The van der Waals surface area contributed by atoms with Crippen LogP contribution in [-0.4, -0.2) is 46.4 Å². The summed E-state index contributed by atoms with van der Waals surface area (Å²) in [5, 5.41) is 9.24. The molecule has 1 aromatic carbocycles. The van der Waals surface area contributed by atoms with E-state index in [2.05, 4.69) is 0 Å². The molecule has 0 spiro atoms. The summed E-state index contributed by atoms with van der Waals surface area (Å²) in [4.78, 5) is 25.5. The van der Waals surface area contributed by atoms with Gasteiger partial charge in [-0.15, -0.1) is 0 Å². The first-order valence-electron chi connectivity index (χ1n) is 8.27. The molecule has 26 heavy (non-hydrogen) atoms. The van der Waals surface area contributed by atoms with Crippen LogP contribution in [0.3, 0.4) is 0 Å². The number of nitrogens with zero attached hydrogens (tertiary/aromatic N) is 2. The lowest BCUT2D eigenvalue weighted by Gasteiger charge is -2.26. The molecule has 1 aromatic heterocycles. The van der Waals surface area contributed by atoms with Gasteiger partial charge in [-0.3, -0.25) is 4.79 Å². The van der Waals surface area contributed by atoms with Crippen LogP contribution in [0.1, 0.15) is 35.7 Å². The fraction of sp³-hybridized carbons (Fsp3) is 0.333. The molecular formula is C18H20N2O5S. The Bertz CT molecular complexity index is 942. The summed E-state index contributed by atoms with van der Waals surface area (Å²) in [6.07, 6.45) is 4.05. The third-order valence-corrected chi connectivity index (χ3v) is 6.11. The number of benzene rings is 1. The monoisotopic (exact) mass is 376 g/mol. The molecule has 1 amide bonds. The van der Waals surface area contributed by atoms with E-state index in [1.165, 1.54) is 42.4 Å². The van der Waals surface area contributed by atoms with Crippen molar-refractivity contribution in [3.8, 4) is 0 Å². The second kappa shape index (κ2) is 6.60. The highest BCUT2D eigenvalue weighted by Crippen LogP contribution is 2.30. The molecule has 8 heteroatoms. The number of carboxylic acids is 1. The standard InChI is InChI=1S/C18H20N2O5S/c1-12-3-7-16(8-4-12)26(24,25)19-10-9-14(11-19)17(21)20(15-5-6-15)13(2)18(22)23/h3-4,7-11,13,15H,5-6H2,1-2H3,(H,22,23). The largest absolute Gasteiger partial charge is 0.480 e. The van der Waals surface area contributed by atoms with Gasteiger partial charge in [0.15, 0.2) is 0 Å². The van der Waals surface area contributed by atoms with Gasteiger partial charge in [0.05, 0.1) is 10.5 Å². The number of aryl methyl sites for hydroxylation is 1. The minimum Gasteiger partial charge on any atom is -0.480 e. The Morgan fingerprint density at radius 2 is 1.81 bits per heavy atom. The molecule has 7 nitrogen and oxygen atoms in total. The average molecular weight is 376 g/mol. The Labute approximate surface area is 151 Å². The maximum Gasteiger partial charge on any atom is 0.326 e. The van der Waals surface area contributed by atoms with E-state index < -0.39 is 27.9 Å². The zero-order valence-electron chi connectivity index (χ0n) is 14.5. The van der Waals surface area contributed by atoms with Crippen molar-refractivity contribution in [3.63, 3.8) is 0 Å². The number of rotatable bonds is 6. The quantitative estimate of drug-likeness (QED) is 0.833. The van der Waals surface area contributed by atoms with Gasteiger partial charge in [-0.25, -0.2) is 17.2 Å². The summed E-state index contributed by atoms with van der Waals surface area (Å²) in [7, 11) is -3.81. The van der Waals surface area contributed by atoms with Crippen molar-refractivity contribution in [1.82, 2.24) is 8.87 Å². The first-order chi connectivity index (χ1) is 12.2. The molecule has 1 aliphatic rings. The van der Waals surface area contributed by atoms with Gasteiger partial charge in [0.1, 0.15) is 6.04 Å². The van der Waals surface area contributed by atoms with Gasteiger partial charge >= 0.3 is 5.97 Å². The number of amides is 1. The lowest BCUT2D eigenvalue weighted by molar-refractivity contribution is -0.141. The Balaban J connectivity index is 1.90. The molecule has 1 unspecified atom stereocenters. The fourth-order valence-corrected chi connectivity index (χ4v) is 3.96. The molecule has 1 heterocycles. The van der Waals surface area contributed by atoms with Crippen molar-refractivity contribution < 1.29 is 23.1 Å². The molecule has 2 aromatic rings. The van der Waals surface area contributed by atoms with Gasteiger partial charge in [-0.1, -0.05) is 17.7 Å². The van der Waals surface area contributed by atoms with Crippen molar-refractivity contribution in [2.75, 3.05) is 0 Å². The summed E-state index contributed by atoms with van der Waals surface area (Å²) in [5.41, 5.74) is 1.09. The number of carbonyl (C=O) groups excluding carboxylic acids is 1. The van der Waals surface area contributed by atoms with E-state index in [0.717, 1.165) is 22.4 Å². The average Bonchev–Trinajstić information content (AvgIpc) is 3.28. The molecule has 1 N–H and O–H groups in total. The lowest BCUT2D eigenvalue weighted by atomic mass is 10.2. The summed E-state index contributed by atoms with van der Waals surface area (Å²) in [6.45, 7) is 3.32. The molecule has 1 atom stereocenters. The Morgan fingerprint density at radius 3 is 2.35 bits per heavy atom. The van der Waals surface area contributed by atoms with Crippen LogP contribution in [0.4, 0.5) is 0 Å². The van der Waals surface area contributed by atoms with Crippen molar-refractivity contribution in [1.29, 1.82) is 0 Å². The van der Waals surface area contributed by atoms with Gasteiger partial charge < -0.3 is 10.0 Å². The molecule has 0 bridgehead atoms. The van der Waals surface area contributed by atoms with Crippen molar-refractivity contribution in [2.45, 2.75) is 43.7 Å². The van der Waals surface area contributed by atoms with Crippen LogP contribution in [0.15, 0.2) is 47.6 Å². The highest BCUT2D eigenvalue weighted by molar-refractivity contribution is 7.90. The van der Waals surface area contributed by atoms with E-state index in [-0.39, 0.29) is 16.5 Å². The highest BCUT2D eigenvalue weighted by atomic mass is 32.2. The molecule has 3 rings (SSSR count). The van der Waals surface area contributed by atoms with Gasteiger partial charge in [-0.05, 0) is 44.9 Å². The van der Waals surface area contributed by atoms with Crippen LogP contribution >= 0.6 is 0 Å². The summed E-state index contributed by atoms with van der Waals surface area (Å²) >= 11 is 0. The van der Waals surface area contributed by atoms with Crippen LogP contribution in [0.2, 0.25) is 0 Å². The van der Waals surface area contributed by atoms with E-state index in [1.807, 2.05) is 6.92 Å². The van der Waals surface area contributed by atoms with Crippen LogP contribution in [0.25, 0.3) is 0 Å². The molecule has 0 radical (unpaired) electrons. The number of hydrogen-bond donors (Lipinski definition) is 1. The molecule has 1 fully saturated rings. The Hall–Kier alpha value is -2.61. The summed E-state index contributed by atoms with van der Waals surface area (Å²) in [5.74, 6) is -1.56. The molecule has 0 saturated heterocycles. The molecular weight excluding hydrogens is 356 g/mol. The second-order valence-corrected chi connectivity index (χ2v) is 8.35. The third-order valence-electron chi connectivity index (χ3n) is 4.46. The van der Waals surface area contributed by atoms with E-state index in [4.69, 9.17) is 0 Å². The van der Waals surface area contributed by atoms with Crippen LogP contribution in [-0.2, 0) is 14.8 Å². The van der Waals surface area contributed by atoms with E-state index in [9.17, 15) is 23.1 Å². The summed E-state index contributed by atoms with van der Waals surface area (Å²) in [6, 6.07) is 6.75. The van der Waals surface area contributed by atoms with Gasteiger partial charge in [0.25, 0.3) is 15.9 Å². The van der Waals surface area contributed by atoms with Crippen LogP contribution in [0.5, 0.6) is 0 Å². The Kier molecular flexibility index (Phi) is 4.62. The van der Waals surface area contributed by atoms with Gasteiger partial charge in [-0.2, -0.15) is 0 Å². The fourth-order valence-electron chi connectivity index (χ4n) is 2.76. The van der Waals surface area contributed by atoms with Crippen molar-refractivity contribution in [3.05, 3.63) is 53.9 Å². The molecule has 1 saturated carbocycles. The predicted octanol–water partition coefficient (Wildman–Crippen LogP) is 2.11. The molecule has 0 aliphatic heterocycles. The molecule has 138 valence electrons. The topological polar surface area (TPSA) is 96.7 Å².